The molecule has 0 spiro atoms. The number of anilines is 1. The summed E-state index contributed by atoms with van der Waals surface area (Å²) in [5.41, 5.74) is 0.880. The molecule has 0 amide bonds. The molecule has 0 radical (unpaired) electrons. The van der Waals surface area contributed by atoms with Crippen molar-refractivity contribution in [2.45, 2.75) is 39.7 Å². The second kappa shape index (κ2) is 6.30. The van der Waals surface area contributed by atoms with E-state index < -0.39 is 0 Å². The van der Waals surface area contributed by atoms with Gasteiger partial charge in [0.1, 0.15) is 21.8 Å². The second-order valence-electron chi connectivity index (χ2n) is 4.39. The Balaban J connectivity index is 2.23. The first-order chi connectivity index (χ1) is 9.11. The van der Waals surface area contributed by atoms with Crippen LogP contribution in [0.4, 0.5) is 5.82 Å². The van der Waals surface area contributed by atoms with E-state index in [2.05, 4.69) is 34.1 Å². The van der Waals surface area contributed by atoms with E-state index in [4.69, 9.17) is 11.6 Å². The number of nitrogens with one attached hydrogen (secondary N) is 1. The Morgan fingerprint density at radius 2 is 2.21 bits per heavy atom. The Morgan fingerprint density at radius 3 is 2.84 bits per heavy atom. The Morgan fingerprint density at radius 1 is 1.42 bits per heavy atom. The van der Waals surface area contributed by atoms with Gasteiger partial charge in [-0.3, -0.25) is 0 Å². The van der Waals surface area contributed by atoms with Crippen LogP contribution >= 0.6 is 22.9 Å². The highest BCUT2D eigenvalue weighted by Crippen LogP contribution is 2.25. The van der Waals surface area contributed by atoms with Gasteiger partial charge < -0.3 is 5.32 Å². The fourth-order valence-electron chi connectivity index (χ4n) is 1.72. The number of rotatable bonds is 5. The van der Waals surface area contributed by atoms with Gasteiger partial charge in [0.25, 0.3) is 0 Å². The van der Waals surface area contributed by atoms with Gasteiger partial charge in [0, 0.05) is 23.6 Å². The summed E-state index contributed by atoms with van der Waals surface area (Å²) in [6.07, 6.45) is 3.64. The molecule has 2 aromatic rings. The molecule has 0 fully saturated rings. The van der Waals surface area contributed by atoms with Crippen LogP contribution in [-0.2, 0) is 6.42 Å². The van der Waals surface area contributed by atoms with E-state index in [1.165, 1.54) is 0 Å². The van der Waals surface area contributed by atoms with Crippen molar-refractivity contribution in [1.29, 1.82) is 0 Å². The summed E-state index contributed by atoms with van der Waals surface area (Å²) in [5, 5.41) is 6.89. The van der Waals surface area contributed by atoms with Crippen molar-refractivity contribution in [3.05, 3.63) is 33.1 Å². The average molecular weight is 297 g/mol. The molecule has 0 bridgehead atoms. The number of aromatic nitrogens is 3. The summed E-state index contributed by atoms with van der Waals surface area (Å²) in [4.78, 5) is 13.1. The monoisotopic (exact) mass is 296 g/mol. The normalized spacial score (nSPS) is 12.4. The van der Waals surface area contributed by atoms with Gasteiger partial charge >= 0.3 is 0 Å². The Bertz CT molecular complexity index is 542. The average Bonchev–Trinajstić information content (AvgIpc) is 2.89. The minimum absolute atomic E-state index is 0.110. The molecule has 0 aliphatic rings. The van der Waals surface area contributed by atoms with Gasteiger partial charge in [0.2, 0.25) is 0 Å². The molecule has 2 heterocycles. The van der Waals surface area contributed by atoms with E-state index in [0.29, 0.717) is 5.15 Å². The van der Waals surface area contributed by atoms with E-state index >= 15 is 0 Å². The predicted molar refractivity (Wildman–Crippen MR) is 79.9 cm³/mol. The van der Waals surface area contributed by atoms with Crippen molar-refractivity contribution in [1.82, 2.24) is 15.0 Å². The molecule has 6 heteroatoms. The quantitative estimate of drug-likeness (QED) is 0.847. The van der Waals surface area contributed by atoms with Crippen LogP contribution < -0.4 is 5.32 Å². The molecule has 0 saturated carbocycles. The van der Waals surface area contributed by atoms with Crippen molar-refractivity contribution in [3.63, 3.8) is 0 Å². The van der Waals surface area contributed by atoms with Gasteiger partial charge in [-0.05, 0) is 20.3 Å². The standard InChI is InChI=1S/C13H17ClN4S/c1-4-5-10-17-11(14)8(2)12(18-10)16-9(3)13-15-6-7-19-13/h6-7,9H,4-5H2,1-3H3,(H,16,17,18). The maximum Gasteiger partial charge on any atom is 0.137 e. The topological polar surface area (TPSA) is 50.7 Å². The van der Waals surface area contributed by atoms with E-state index in [9.17, 15) is 0 Å². The largest absolute Gasteiger partial charge is 0.361 e. The number of aryl methyl sites for hydroxylation is 1. The molecular weight excluding hydrogens is 280 g/mol. The highest BCUT2D eigenvalue weighted by molar-refractivity contribution is 7.09. The smallest absolute Gasteiger partial charge is 0.137 e. The molecule has 102 valence electrons. The first-order valence-corrected chi connectivity index (χ1v) is 7.56. The lowest BCUT2D eigenvalue weighted by Crippen LogP contribution is -2.11. The van der Waals surface area contributed by atoms with E-state index in [1.54, 1.807) is 17.5 Å². The van der Waals surface area contributed by atoms with E-state index in [-0.39, 0.29) is 6.04 Å². The van der Waals surface area contributed by atoms with Crippen LogP contribution in [0.5, 0.6) is 0 Å². The van der Waals surface area contributed by atoms with Gasteiger partial charge in [0.15, 0.2) is 0 Å². The lowest BCUT2D eigenvalue weighted by Gasteiger charge is -2.15. The highest BCUT2D eigenvalue weighted by Gasteiger charge is 2.13. The van der Waals surface area contributed by atoms with Crippen molar-refractivity contribution < 1.29 is 0 Å². The number of halogens is 1. The second-order valence-corrected chi connectivity index (χ2v) is 5.67. The molecule has 1 unspecified atom stereocenters. The number of hydrogen-bond acceptors (Lipinski definition) is 5. The van der Waals surface area contributed by atoms with Gasteiger partial charge in [-0.15, -0.1) is 11.3 Å². The van der Waals surface area contributed by atoms with E-state index in [0.717, 1.165) is 35.1 Å². The molecule has 1 N–H and O–H groups in total. The fourth-order valence-corrected chi connectivity index (χ4v) is 2.56. The molecule has 4 nitrogen and oxygen atoms in total. The van der Waals surface area contributed by atoms with Crippen LogP contribution in [0.25, 0.3) is 0 Å². The van der Waals surface area contributed by atoms with Crippen LogP contribution in [0.1, 0.15) is 42.7 Å². The van der Waals surface area contributed by atoms with Crippen molar-refractivity contribution in [2.24, 2.45) is 0 Å². The van der Waals surface area contributed by atoms with Crippen LogP contribution in [0.15, 0.2) is 11.6 Å². The lowest BCUT2D eigenvalue weighted by atomic mass is 10.2. The minimum atomic E-state index is 0.110. The zero-order valence-corrected chi connectivity index (χ0v) is 12.8. The third kappa shape index (κ3) is 3.42. The Hall–Kier alpha value is -1.20. The van der Waals surface area contributed by atoms with Crippen molar-refractivity contribution >= 4 is 28.8 Å². The molecular formula is C13H17ClN4S. The number of thiazole rings is 1. The SMILES string of the molecule is CCCc1nc(Cl)c(C)c(NC(C)c2nccs2)n1. The number of hydrogen-bond donors (Lipinski definition) is 1. The van der Waals surface area contributed by atoms with Crippen LogP contribution in [0.2, 0.25) is 5.15 Å². The van der Waals surface area contributed by atoms with Gasteiger partial charge in [-0.2, -0.15) is 0 Å². The van der Waals surface area contributed by atoms with Gasteiger partial charge in [-0.25, -0.2) is 15.0 Å². The maximum absolute atomic E-state index is 6.16. The lowest BCUT2D eigenvalue weighted by molar-refractivity contribution is 0.811. The molecule has 2 aromatic heterocycles. The molecule has 2 rings (SSSR count). The molecule has 0 aliphatic heterocycles. The molecule has 0 aromatic carbocycles. The first kappa shape index (κ1) is 14.2. The van der Waals surface area contributed by atoms with Crippen molar-refractivity contribution in [2.75, 3.05) is 5.32 Å². The van der Waals surface area contributed by atoms with Crippen LogP contribution in [-0.4, -0.2) is 15.0 Å². The summed E-state index contributed by atoms with van der Waals surface area (Å²) in [6.45, 7) is 6.09. The third-order valence-electron chi connectivity index (χ3n) is 2.78. The Kier molecular flexibility index (Phi) is 4.71. The third-order valence-corrected chi connectivity index (χ3v) is 4.11. The molecule has 0 saturated heterocycles. The summed E-state index contributed by atoms with van der Waals surface area (Å²) in [7, 11) is 0. The summed E-state index contributed by atoms with van der Waals surface area (Å²) < 4.78 is 0. The van der Waals surface area contributed by atoms with Gasteiger partial charge in [-0.1, -0.05) is 18.5 Å². The van der Waals surface area contributed by atoms with Gasteiger partial charge in [0.05, 0.1) is 6.04 Å². The first-order valence-electron chi connectivity index (χ1n) is 6.30. The minimum Gasteiger partial charge on any atom is -0.361 e. The fraction of sp³-hybridized carbons (Fsp3) is 0.462. The Labute approximate surface area is 122 Å². The van der Waals surface area contributed by atoms with Crippen LogP contribution in [0.3, 0.4) is 0 Å². The predicted octanol–water partition coefficient (Wildman–Crippen LogP) is 4.02. The summed E-state index contributed by atoms with van der Waals surface area (Å²) in [5.74, 6) is 1.58. The van der Waals surface area contributed by atoms with Crippen molar-refractivity contribution in [3.8, 4) is 0 Å². The van der Waals surface area contributed by atoms with E-state index in [1.807, 2.05) is 12.3 Å². The maximum atomic E-state index is 6.16. The number of nitrogens with zero attached hydrogens (tertiary/aromatic N) is 3. The summed E-state index contributed by atoms with van der Waals surface area (Å²) in [6, 6.07) is 0.110. The zero-order chi connectivity index (χ0) is 13.8. The molecule has 0 aliphatic carbocycles. The summed E-state index contributed by atoms with van der Waals surface area (Å²) >= 11 is 7.78. The molecule has 1 atom stereocenters. The van der Waals surface area contributed by atoms with Crippen LogP contribution in [0, 0.1) is 6.92 Å². The molecule has 19 heavy (non-hydrogen) atoms. The highest BCUT2D eigenvalue weighted by atomic mass is 35.5. The zero-order valence-electron chi connectivity index (χ0n) is 11.3.